The van der Waals surface area contributed by atoms with E-state index in [1.165, 1.54) is 31.3 Å². The Bertz CT molecular complexity index is 224. The predicted molar refractivity (Wildman–Crippen MR) is 63.4 cm³/mol. The largest absolute Gasteiger partial charge is 0.381 e. The van der Waals surface area contributed by atoms with Gasteiger partial charge in [-0.05, 0) is 31.6 Å². The van der Waals surface area contributed by atoms with Crippen molar-refractivity contribution in [3.63, 3.8) is 0 Å². The summed E-state index contributed by atoms with van der Waals surface area (Å²) in [6.45, 7) is 3.87. The number of ether oxygens (including phenoxy) is 1. The molecule has 0 aromatic carbocycles. The Balaban J connectivity index is 1.72. The minimum atomic E-state index is 0.198. The highest BCUT2D eigenvalue weighted by atomic mass is 35.5. The van der Waals surface area contributed by atoms with Crippen LogP contribution in [0.2, 0.25) is 0 Å². The van der Waals surface area contributed by atoms with Crippen molar-refractivity contribution >= 4 is 11.6 Å². The lowest BCUT2D eigenvalue weighted by atomic mass is 9.92. The first kappa shape index (κ1) is 11.4. The van der Waals surface area contributed by atoms with Crippen LogP contribution >= 0.6 is 11.6 Å². The summed E-state index contributed by atoms with van der Waals surface area (Å²) in [5.74, 6) is 0.871. The van der Waals surface area contributed by atoms with Crippen molar-refractivity contribution in [1.29, 1.82) is 0 Å². The normalized spacial score (nSPS) is 28.9. The molecule has 1 saturated heterocycles. The smallest absolute Gasteiger partial charge is 0.0643 e. The average Bonchev–Trinajstić information content (AvgIpc) is 2.28. The van der Waals surface area contributed by atoms with Crippen LogP contribution in [0.25, 0.3) is 0 Å². The molecular formula is C12H20ClNO. The highest BCUT2D eigenvalue weighted by Gasteiger charge is 2.15. The Morgan fingerprint density at radius 2 is 2.20 bits per heavy atom. The number of nitrogens with one attached hydrogen (secondary N) is 1. The van der Waals surface area contributed by atoms with Crippen LogP contribution in [0.1, 0.15) is 25.7 Å². The molecule has 2 nitrogen and oxygen atoms in total. The topological polar surface area (TPSA) is 21.3 Å². The molecule has 0 radical (unpaired) electrons. The maximum absolute atomic E-state index is 6.07. The molecule has 86 valence electrons. The van der Waals surface area contributed by atoms with Gasteiger partial charge in [0, 0.05) is 26.3 Å². The van der Waals surface area contributed by atoms with Crippen LogP contribution in [-0.4, -0.2) is 31.7 Å². The van der Waals surface area contributed by atoms with Crippen molar-refractivity contribution in [2.75, 3.05) is 26.3 Å². The highest BCUT2D eigenvalue weighted by Crippen LogP contribution is 2.23. The molecule has 1 unspecified atom stereocenters. The number of rotatable bonds is 3. The monoisotopic (exact) mass is 229 g/mol. The molecule has 0 aromatic heterocycles. The summed E-state index contributed by atoms with van der Waals surface area (Å²) in [6, 6.07) is 0. The van der Waals surface area contributed by atoms with Crippen LogP contribution in [0.4, 0.5) is 0 Å². The second kappa shape index (κ2) is 5.88. The van der Waals surface area contributed by atoms with Gasteiger partial charge in [-0.2, -0.15) is 0 Å². The predicted octanol–water partition coefficient (Wildman–Crippen LogP) is 2.33. The number of alkyl halides is 1. The van der Waals surface area contributed by atoms with E-state index in [1.54, 1.807) is 0 Å². The van der Waals surface area contributed by atoms with Crippen molar-refractivity contribution in [3.8, 4) is 0 Å². The molecule has 1 N–H and O–H groups in total. The number of hydrogen-bond acceptors (Lipinski definition) is 2. The van der Waals surface area contributed by atoms with Crippen LogP contribution in [0.3, 0.4) is 0 Å². The fourth-order valence-electron chi connectivity index (χ4n) is 2.34. The summed E-state index contributed by atoms with van der Waals surface area (Å²) in [5.41, 5.74) is 1.49. The van der Waals surface area contributed by atoms with E-state index in [9.17, 15) is 0 Å². The second-order valence-electron chi connectivity index (χ2n) is 4.57. The summed E-state index contributed by atoms with van der Waals surface area (Å²) < 4.78 is 5.36. The third-order valence-electron chi connectivity index (χ3n) is 3.32. The summed E-state index contributed by atoms with van der Waals surface area (Å²) in [4.78, 5) is 0. The molecule has 2 aliphatic rings. The quantitative estimate of drug-likeness (QED) is 0.593. The van der Waals surface area contributed by atoms with E-state index in [1.807, 2.05) is 0 Å². The number of hydrogen-bond donors (Lipinski definition) is 1. The Morgan fingerprint density at radius 1 is 1.40 bits per heavy atom. The van der Waals surface area contributed by atoms with Gasteiger partial charge in [0.15, 0.2) is 0 Å². The minimum Gasteiger partial charge on any atom is -0.381 e. The molecule has 1 atom stereocenters. The second-order valence-corrected chi connectivity index (χ2v) is 5.13. The molecule has 2 heterocycles. The van der Waals surface area contributed by atoms with Gasteiger partial charge in [0.25, 0.3) is 0 Å². The minimum absolute atomic E-state index is 0.198. The lowest BCUT2D eigenvalue weighted by Crippen LogP contribution is -2.29. The molecule has 0 saturated carbocycles. The van der Waals surface area contributed by atoms with Gasteiger partial charge in [0.2, 0.25) is 0 Å². The molecule has 1 fully saturated rings. The van der Waals surface area contributed by atoms with E-state index < -0.39 is 0 Å². The Labute approximate surface area is 97.0 Å². The molecule has 2 aliphatic heterocycles. The van der Waals surface area contributed by atoms with Crippen LogP contribution in [-0.2, 0) is 4.74 Å². The SMILES string of the molecule is ClC1C=C(CCC2CCOCC2)CNC1. The van der Waals surface area contributed by atoms with Crippen LogP contribution in [0.15, 0.2) is 11.6 Å². The van der Waals surface area contributed by atoms with Gasteiger partial charge in [0.1, 0.15) is 0 Å². The van der Waals surface area contributed by atoms with E-state index in [-0.39, 0.29) is 5.38 Å². The molecule has 0 bridgehead atoms. The van der Waals surface area contributed by atoms with E-state index in [0.717, 1.165) is 32.2 Å². The summed E-state index contributed by atoms with van der Waals surface area (Å²) in [6.07, 6.45) is 7.23. The highest BCUT2D eigenvalue weighted by molar-refractivity contribution is 6.22. The van der Waals surface area contributed by atoms with E-state index in [0.29, 0.717) is 0 Å². The summed E-state index contributed by atoms with van der Waals surface area (Å²) >= 11 is 6.07. The first-order chi connectivity index (χ1) is 7.34. The first-order valence-corrected chi connectivity index (χ1v) is 6.40. The molecule has 3 heteroatoms. The molecule has 0 aromatic rings. The lowest BCUT2D eigenvalue weighted by Gasteiger charge is -2.24. The van der Waals surface area contributed by atoms with Gasteiger partial charge in [-0.15, -0.1) is 11.6 Å². The lowest BCUT2D eigenvalue weighted by molar-refractivity contribution is 0.0639. The Hall–Kier alpha value is -0.0500. The van der Waals surface area contributed by atoms with Gasteiger partial charge in [-0.25, -0.2) is 0 Å². The Morgan fingerprint density at radius 3 is 2.93 bits per heavy atom. The fraction of sp³-hybridized carbons (Fsp3) is 0.833. The van der Waals surface area contributed by atoms with Crippen LogP contribution in [0.5, 0.6) is 0 Å². The first-order valence-electron chi connectivity index (χ1n) is 5.96. The van der Waals surface area contributed by atoms with Gasteiger partial charge in [-0.1, -0.05) is 11.6 Å². The average molecular weight is 230 g/mol. The third-order valence-corrected chi connectivity index (χ3v) is 3.60. The zero-order chi connectivity index (χ0) is 10.5. The van der Waals surface area contributed by atoms with Crippen molar-refractivity contribution in [2.45, 2.75) is 31.1 Å². The van der Waals surface area contributed by atoms with E-state index in [2.05, 4.69) is 11.4 Å². The van der Waals surface area contributed by atoms with Gasteiger partial charge in [0.05, 0.1) is 5.38 Å². The molecule has 2 rings (SSSR count). The molecule has 15 heavy (non-hydrogen) atoms. The van der Waals surface area contributed by atoms with E-state index in [4.69, 9.17) is 16.3 Å². The van der Waals surface area contributed by atoms with Gasteiger partial charge >= 0.3 is 0 Å². The van der Waals surface area contributed by atoms with Crippen molar-refractivity contribution in [1.82, 2.24) is 5.32 Å². The third kappa shape index (κ3) is 3.78. The van der Waals surface area contributed by atoms with E-state index >= 15 is 0 Å². The zero-order valence-electron chi connectivity index (χ0n) is 9.18. The number of halogens is 1. The Kier molecular flexibility index (Phi) is 4.48. The molecule has 0 aliphatic carbocycles. The molecule has 0 amide bonds. The maximum Gasteiger partial charge on any atom is 0.0643 e. The molecule has 0 spiro atoms. The van der Waals surface area contributed by atoms with Crippen molar-refractivity contribution in [3.05, 3.63) is 11.6 Å². The fourth-order valence-corrected chi connectivity index (χ4v) is 2.63. The summed E-state index contributed by atoms with van der Waals surface area (Å²) in [5, 5.41) is 3.55. The standard InChI is InChI=1S/C12H20ClNO/c13-12-7-11(8-14-9-12)2-1-10-3-5-15-6-4-10/h7,10,12,14H,1-6,8-9H2. The van der Waals surface area contributed by atoms with Crippen LogP contribution < -0.4 is 5.32 Å². The zero-order valence-corrected chi connectivity index (χ0v) is 9.93. The molecular weight excluding hydrogens is 210 g/mol. The van der Waals surface area contributed by atoms with Gasteiger partial charge in [-0.3, -0.25) is 0 Å². The van der Waals surface area contributed by atoms with Crippen molar-refractivity contribution in [2.24, 2.45) is 5.92 Å². The van der Waals surface area contributed by atoms with Crippen LogP contribution in [0, 0.1) is 5.92 Å². The van der Waals surface area contributed by atoms with Gasteiger partial charge < -0.3 is 10.1 Å². The summed E-state index contributed by atoms with van der Waals surface area (Å²) in [7, 11) is 0. The maximum atomic E-state index is 6.07. The van der Waals surface area contributed by atoms with Crippen molar-refractivity contribution < 1.29 is 4.74 Å².